The lowest BCUT2D eigenvalue weighted by molar-refractivity contribution is -0.120. The SMILES string of the molecule is C=CCn1c(SC(C)C(=O)NC(C)c2ccc(Cl)cc2Cl)nc2ccccc2c1=O. The number of fused-ring (bicyclic) bond motifs is 1. The van der Waals surface area contributed by atoms with Gasteiger partial charge in [-0.1, -0.05) is 59.2 Å². The maximum Gasteiger partial charge on any atom is 0.262 e. The van der Waals surface area contributed by atoms with Gasteiger partial charge in [0.25, 0.3) is 5.56 Å². The second-order valence-corrected chi connectivity index (χ2v) is 8.92. The summed E-state index contributed by atoms with van der Waals surface area (Å²) in [6.07, 6.45) is 1.64. The number of nitrogens with zero attached hydrogens (tertiary/aromatic N) is 2. The lowest BCUT2D eigenvalue weighted by Gasteiger charge is -2.19. The summed E-state index contributed by atoms with van der Waals surface area (Å²) < 4.78 is 1.53. The van der Waals surface area contributed by atoms with E-state index < -0.39 is 5.25 Å². The van der Waals surface area contributed by atoms with Crippen molar-refractivity contribution in [1.82, 2.24) is 14.9 Å². The monoisotopic (exact) mass is 461 g/mol. The van der Waals surface area contributed by atoms with Crippen LogP contribution in [0.25, 0.3) is 10.9 Å². The maximum atomic E-state index is 12.9. The third kappa shape index (κ3) is 4.89. The van der Waals surface area contributed by atoms with Crippen molar-refractivity contribution in [3.8, 4) is 0 Å². The zero-order chi connectivity index (χ0) is 21.8. The zero-order valence-electron chi connectivity index (χ0n) is 16.6. The summed E-state index contributed by atoms with van der Waals surface area (Å²) in [5.74, 6) is -0.189. The number of carbonyl (C=O) groups excluding carboxylic acids is 1. The second kappa shape index (κ2) is 9.69. The number of aromatic nitrogens is 2. The predicted octanol–water partition coefficient (Wildman–Crippen LogP) is 5.25. The quantitative estimate of drug-likeness (QED) is 0.296. The van der Waals surface area contributed by atoms with E-state index in [4.69, 9.17) is 23.2 Å². The molecule has 3 aromatic rings. The highest BCUT2D eigenvalue weighted by atomic mass is 35.5. The Kier molecular flexibility index (Phi) is 7.23. The molecule has 0 radical (unpaired) electrons. The van der Waals surface area contributed by atoms with Crippen molar-refractivity contribution in [2.75, 3.05) is 0 Å². The Bertz CT molecular complexity index is 1160. The smallest absolute Gasteiger partial charge is 0.262 e. The fourth-order valence-electron chi connectivity index (χ4n) is 3.00. The molecule has 5 nitrogen and oxygen atoms in total. The summed E-state index contributed by atoms with van der Waals surface area (Å²) in [4.78, 5) is 30.2. The number of allylic oxidation sites excluding steroid dienone is 1. The van der Waals surface area contributed by atoms with E-state index in [1.165, 1.54) is 16.3 Å². The van der Waals surface area contributed by atoms with Gasteiger partial charge in [0, 0.05) is 16.6 Å². The predicted molar refractivity (Wildman–Crippen MR) is 125 cm³/mol. The molecule has 0 saturated heterocycles. The molecule has 2 aromatic carbocycles. The van der Waals surface area contributed by atoms with Crippen LogP contribution in [0.1, 0.15) is 25.5 Å². The van der Waals surface area contributed by atoms with Crippen LogP contribution >= 0.6 is 35.0 Å². The molecule has 0 saturated carbocycles. The third-order valence-electron chi connectivity index (χ3n) is 4.58. The van der Waals surface area contributed by atoms with Crippen molar-refractivity contribution >= 4 is 51.8 Å². The average molecular weight is 462 g/mol. The van der Waals surface area contributed by atoms with Crippen LogP contribution in [-0.2, 0) is 11.3 Å². The summed E-state index contributed by atoms with van der Waals surface area (Å²) in [6, 6.07) is 12.0. The van der Waals surface area contributed by atoms with E-state index in [2.05, 4.69) is 16.9 Å². The van der Waals surface area contributed by atoms with Gasteiger partial charge in [0.1, 0.15) is 0 Å². The number of amides is 1. The Morgan fingerprint density at radius 2 is 2.00 bits per heavy atom. The first-order valence-electron chi connectivity index (χ1n) is 9.34. The number of carbonyl (C=O) groups is 1. The number of rotatable bonds is 7. The molecule has 1 N–H and O–H groups in total. The van der Waals surface area contributed by atoms with Crippen LogP contribution in [0.4, 0.5) is 0 Å². The van der Waals surface area contributed by atoms with Gasteiger partial charge in [0.05, 0.1) is 22.2 Å². The lowest BCUT2D eigenvalue weighted by atomic mass is 10.1. The largest absolute Gasteiger partial charge is 0.349 e. The molecule has 2 atom stereocenters. The molecular weight excluding hydrogens is 441 g/mol. The van der Waals surface area contributed by atoms with E-state index in [0.29, 0.717) is 32.6 Å². The zero-order valence-corrected chi connectivity index (χ0v) is 18.9. The molecule has 0 bridgehead atoms. The molecule has 1 heterocycles. The summed E-state index contributed by atoms with van der Waals surface area (Å²) in [7, 11) is 0. The molecule has 1 amide bonds. The highest BCUT2D eigenvalue weighted by molar-refractivity contribution is 8.00. The van der Waals surface area contributed by atoms with Crippen LogP contribution in [0.5, 0.6) is 0 Å². The second-order valence-electron chi connectivity index (χ2n) is 6.77. The minimum absolute atomic E-state index is 0.156. The Labute approximate surface area is 189 Å². The molecule has 0 aliphatic heterocycles. The van der Waals surface area contributed by atoms with Crippen molar-refractivity contribution in [3.63, 3.8) is 0 Å². The third-order valence-corrected chi connectivity index (χ3v) is 6.23. The van der Waals surface area contributed by atoms with E-state index in [0.717, 1.165) is 5.56 Å². The molecule has 3 rings (SSSR count). The van der Waals surface area contributed by atoms with Crippen LogP contribution in [0.3, 0.4) is 0 Å². The minimum Gasteiger partial charge on any atom is -0.349 e. The minimum atomic E-state index is -0.484. The fourth-order valence-corrected chi connectivity index (χ4v) is 4.50. The molecule has 8 heteroatoms. The van der Waals surface area contributed by atoms with E-state index in [9.17, 15) is 9.59 Å². The van der Waals surface area contributed by atoms with Gasteiger partial charge in [-0.3, -0.25) is 14.2 Å². The molecule has 30 heavy (non-hydrogen) atoms. The molecule has 156 valence electrons. The van der Waals surface area contributed by atoms with E-state index in [1.807, 2.05) is 13.0 Å². The van der Waals surface area contributed by atoms with Gasteiger partial charge in [0.15, 0.2) is 5.16 Å². The number of benzene rings is 2. The number of hydrogen-bond acceptors (Lipinski definition) is 4. The molecule has 1 aromatic heterocycles. The summed E-state index contributed by atoms with van der Waals surface area (Å²) in [5, 5.41) is 4.51. The first kappa shape index (κ1) is 22.4. The Morgan fingerprint density at radius 1 is 1.27 bits per heavy atom. The first-order chi connectivity index (χ1) is 14.3. The molecule has 0 spiro atoms. The van der Waals surface area contributed by atoms with E-state index >= 15 is 0 Å². The maximum absolute atomic E-state index is 12.9. The van der Waals surface area contributed by atoms with Crippen molar-refractivity contribution < 1.29 is 4.79 Å². The van der Waals surface area contributed by atoms with Crippen LogP contribution in [0, 0.1) is 0 Å². The molecule has 0 aliphatic rings. The van der Waals surface area contributed by atoms with Gasteiger partial charge in [-0.25, -0.2) is 4.98 Å². The molecule has 2 unspecified atom stereocenters. The van der Waals surface area contributed by atoms with Gasteiger partial charge in [-0.05, 0) is 43.7 Å². The topological polar surface area (TPSA) is 64.0 Å². The molecule has 0 aliphatic carbocycles. The number of hydrogen-bond donors (Lipinski definition) is 1. The van der Waals surface area contributed by atoms with Gasteiger partial charge in [0.2, 0.25) is 5.91 Å². The number of nitrogens with one attached hydrogen (secondary N) is 1. The highest BCUT2D eigenvalue weighted by Crippen LogP contribution is 2.27. The van der Waals surface area contributed by atoms with Crippen LogP contribution in [-0.4, -0.2) is 20.7 Å². The standard InChI is InChI=1S/C22H21Cl2N3O2S/c1-4-11-27-21(29)17-7-5-6-8-19(17)26-22(27)30-14(3)20(28)25-13(2)16-10-9-15(23)12-18(16)24/h4-10,12-14H,1,11H2,2-3H3,(H,25,28). The highest BCUT2D eigenvalue weighted by Gasteiger charge is 2.21. The Morgan fingerprint density at radius 3 is 2.70 bits per heavy atom. The summed E-state index contributed by atoms with van der Waals surface area (Å²) in [5.41, 5.74) is 1.22. The first-order valence-corrected chi connectivity index (χ1v) is 11.0. The van der Waals surface area contributed by atoms with Crippen molar-refractivity contribution in [1.29, 1.82) is 0 Å². The normalized spacial score (nSPS) is 13.1. The van der Waals surface area contributed by atoms with Crippen molar-refractivity contribution in [2.24, 2.45) is 0 Å². The van der Waals surface area contributed by atoms with Gasteiger partial charge in [-0.2, -0.15) is 0 Å². The fraction of sp³-hybridized carbons (Fsp3) is 0.227. The van der Waals surface area contributed by atoms with Gasteiger partial charge < -0.3 is 5.32 Å². The van der Waals surface area contributed by atoms with Crippen LogP contribution in [0.15, 0.2) is 65.1 Å². The molecular formula is C22H21Cl2N3O2S. The summed E-state index contributed by atoms with van der Waals surface area (Å²) in [6.45, 7) is 7.66. The summed E-state index contributed by atoms with van der Waals surface area (Å²) >= 11 is 13.4. The van der Waals surface area contributed by atoms with E-state index in [-0.39, 0.29) is 17.5 Å². The van der Waals surface area contributed by atoms with E-state index in [1.54, 1.807) is 49.4 Å². The Hall–Kier alpha value is -2.28. The number of thioether (sulfide) groups is 1. The number of halogens is 2. The van der Waals surface area contributed by atoms with Crippen LogP contribution < -0.4 is 10.9 Å². The Balaban J connectivity index is 1.82. The van der Waals surface area contributed by atoms with Crippen molar-refractivity contribution in [3.05, 3.63) is 81.1 Å². The van der Waals surface area contributed by atoms with Gasteiger partial charge >= 0.3 is 0 Å². The van der Waals surface area contributed by atoms with Gasteiger partial charge in [-0.15, -0.1) is 6.58 Å². The van der Waals surface area contributed by atoms with Crippen LogP contribution in [0.2, 0.25) is 10.0 Å². The molecule has 0 fully saturated rings. The average Bonchev–Trinajstić information content (AvgIpc) is 2.70. The van der Waals surface area contributed by atoms with Crippen molar-refractivity contribution in [2.45, 2.75) is 36.8 Å². The number of para-hydroxylation sites is 1. The lowest BCUT2D eigenvalue weighted by Crippen LogP contribution is -2.34.